The molecule has 0 saturated heterocycles. The van der Waals surface area contributed by atoms with E-state index in [1.807, 2.05) is 11.3 Å². The molecule has 1 atom stereocenters. The van der Waals surface area contributed by atoms with Crippen LogP contribution in [0.4, 0.5) is 0 Å². The van der Waals surface area contributed by atoms with Gasteiger partial charge in [-0.2, -0.15) is 0 Å². The van der Waals surface area contributed by atoms with Gasteiger partial charge in [0.1, 0.15) is 0 Å². The van der Waals surface area contributed by atoms with Gasteiger partial charge in [-0.05, 0) is 53.9 Å². The van der Waals surface area contributed by atoms with E-state index in [-0.39, 0.29) is 0 Å². The van der Waals surface area contributed by atoms with E-state index in [4.69, 9.17) is 0 Å². The van der Waals surface area contributed by atoms with Crippen LogP contribution < -0.4 is 5.32 Å². The normalized spacial score (nSPS) is 12.8. The van der Waals surface area contributed by atoms with E-state index in [0.29, 0.717) is 12.0 Å². The van der Waals surface area contributed by atoms with E-state index in [9.17, 15) is 0 Å². The van der Waals surface area contributed by atoms with Crippen molar-refractivity contribution in [3.05, 3.63) is 57.3 Å². The molecule has 0 fully saturated rings. The molecule has 20 heavy (non-hydrogen) atoms. The Labute approximate surface area is 127 Å². The quantitative estimate of drug-likeness (QED) is 0.792. The third kappa shape index (κ3) is 3.71. The van der Waals surface area contributed by atoms with Crippen LogP contribution >= 0.6 is 11.3 Å². The molecule has 0 aliphatic rings. The van der Waals surface area contributed by atoms with E-state index in [0.717, 1.165) is 13.0 Å². The molecule has 0 bridgehead atoms. The van der Waals surface area contributed by atoms with Gasteiger partial charge >= 0.3 is 0 Å². The summed E-state index contributed by atoms with van der Waals surface area (Å²) in [4.78, 5) is 1.43. The molecule has 0 spiro atoms. The standard InChI is InChI=1S/C18H25NS/c1-5-19-17(18-14(4)10-11-20-18)16-8-6-15(7-9-16)12-13(2)3/h6-11,13,17,19H,5,12H2,1-4H3. The number of hydrogen-bond donors (Lipinski definition) is 1. The molecule has 2 rings (SSSR count). The van der Waals surface area contributed by atoms with Gasteiger partial charge in [0, 0.05) is 4.88 Å². The Kier molecular flexibility index (Phi) is 5.38. The molecule has 1 nitrogen and oxygen atoms in total. The molecule has 1 aromatic heterocycles. The summed E-state index contributed by atoms with van der Waals surface area (Å²) in [6.45, 7) is 9.89. The Morgan fingerprint density at radius 3 is 2.30 bits per heavy atom. The zero-order valence-corrected chi connectivity index (χ0v) is 13.8. The molecule has 1 unspecified atom stereocenters. The molecule has 0 aliphatic carbocycles. The summed E-state index contributed by atoms with van der Waals surface area (Å²) in [5.41, 5.74) is 4.18. The summed E-state index contributed by atoms with van der Waals surface area (Å²) in [6.07, 6.45) is 1.16. The van der Waals surface area contributed by atoms with Crippen LogP contribution in [0, 0.1) is 12.8 Å². The van der Waals surface area contributed by atoms with Crippen molar-refractivity contribution in [2.45, 2.75) is 40.2 Å². The van der Waals surface area contributed by atoms with Crippen molar-refractivity contribution in [2.75, 3.05) is 6.54 Å². The molecule has 108 valence electrons. The maximum Gasteiger partial charge on any atom is 0.0673 e. The highest BCUT2D eigenvalue weighted by Gasteiger charge is 2.16. The van der Waals surface area contributed by atoms with E-state index < -0.39 is 0 Å². The molecule has 2 heteroatoms. The molecule has 0 saturated carbocycles. The van der Waals surface area contributed by atoms with Gasteiger partial charge in [-0.3, -0.25) is 0 Å². The second kappa shape index (κ2) is 7.05. The Balaban J connectivity index is 2.24. The van der Waals surface area contributed by atoms with Crippen LogP contribution in [0.3, 0.4) is 0 Å². The maximum absolute atomic E-state index is 3.61. The fourth-order valence-corrected chi connectivity index (χ4v) is 3.59. The van der Waals surface area contributed by atoms with Gasteiger partial charge in [-0.1, -0.05) is 45.0 Å². The number of thiophene rings is 1. The van der Waals surface area contributed by atoms with Crippen molar-refractivity contribution in [3.8, 4) is 0 Å². The number of hydrogen-bond acceptors (Lipinski definition) is 2. The number of benzene rings is 1. The zero-order valence-electron chi connectivity index (χ0n) is 12.9. The smallest absolute Gasteiger partial charge is 0.0673 e. The summed E-state index contributed by atoms with van der Waals surface area (Å²) in [5.74, 6) is 0.713. The van der Waals surface area contributed by atoms with Crippen molar-refractivity contribution < 1.29 is 0 Å². The predicted molar refractivity (Wildman–Crippen MR) is 89.6 cm³/mol. The Bertz CT molecular complexity index is 525. The molecule has 1 aromatic carbocycles. The molecule has 0 radical (unpaired) electrons. The molecular weight excluding hydrogens is 262 g/mol. The first-order chi connectivity index (χ1) is 9.61. The van der Waals surface area contributed by atoms with Crippen LogP contribution in [0.15, 0.2) is 35.7 Å². The molecule has 2 aromatic rings. The molecule has 1 heterocycles. The lowest BCUT2D eigenvalue weighted by atomic mass is 9.98. The lowest BCUT2D eigenvalue weighted by Crippen LogP contribution is -2.21. The summed E-state index contributed by atoms with van der Waals surface area (Å²) in [7, 11) is 0. The lowest BCUT2D eigenvalue weighted by molar-refractivity contribution is 0.633. The van der Waals surface area contributed by atoms with E-state index in [1.165, 1.54) is 21.6 Å². The summed E-state index contributed by atoms with van der Waals surface area (Å²) >= 11 is 1.84. The minimum atomic E-state index is 0.327. The van der Waals surface area contributed by atoms with Crippen LogP contribution in [0.2, 0.25) is 0 Å². The van der Waals surface area contributed by atoms with E-state index >= 15 is 0 Å². The fourth-order valence-electron chi connectivity index (χ4n) is 2.56. The average molecular weight is 287 g/mol. The van der Waals surface area contributed by atoms with Gasteiger partial charge in [0.2, 0.25) is 0 Å². The third-order valence-corrected chi connectivity index (χ3v) is 4.61. The average Bonchev–Trinajstić information content (AvgIpc) is 2.83. The number of nitrogens with one attached hydrogen (secondary N) is 1. The zero-order chi connectivity index (χ0) is 14.5. The van der Waals surface area contributed by atoms with Crippen LogP contribution in [0.25, 0.3) is 0 Å². The lowest BCUT2D eigenvalue weighted by Gasteiger charge is -2.19. The molecular formula is C18H25NS. The van der Waals surface area contributed by atoms with Gasteiger partial charge in [-0.25, -0.2) is 0 Å². The van der Waals surface area contributed by atoms with Crippen molar-refractivity contribution in [1.82, 2.24) is 5.32 Å². The minimum Gasteiger partial charge on any atom is -0.306 e. The molecule has 0 amide bonds. The minimum absolute atomic E-state index is 0.327. The van der Waals surface area contributed by atoms with Crippen molar-refractivity contribution in [3.63, 3.8) is 0 Å². The van der Waals surface area contributed by atoms with E-state index in [2.05, 4.69) is 68.7 Å². The monoisotopic (exact) mass is 287 g/mol. The Hall–Kier alpha value is -1.12. The fraction of sp³-hybridized carbons (Fsp3) is 0.444. The molecule has 0 aliphatic heterocycles. The van der Waals surface area contributed by atoms with Crippen molar-refractivity contribution in [1.29, 1.82) is 0 Å². The largest absolute Gasteiger partial charge is 0.306 e. The maximum atomic E-state index is 3.61. The van der Waals surface area contributed by atoms with Crippen molar-refractivity contribution >= 4 is 11.3 Å². The second-order valence-electron chi connectivity index (χ2n) is 5.80. The van der Waals surface area contributed by atoms with Gasteiger partial charge in [-0.15, -0.1) is 11.3 Å². The highest BCUT2D eigenvalue weighted by molar-refractivity contribution is 7.10. The summed E-state index contributed by atoms with van der Waals surface area (Å²) in [5, 5.41) is 5.80. The van der Waals surface area contributed by atoms with Crippen LogP contribution in [0.1, 0.15) is 48.4 Å². The third-order valence-electron chi connectivity index (χ3n) is 3.53. The van der Waals surface area contributed by atoms with Crippen LogP contribution in [0.5, 0.6) is 0 Å². The highest BCUT2D eigenvalue weighted by atomic mass is 32.1. The SMILES string of the molecule is CCNC(c1ccc(CC(C)C)cc1)c1sccc1C. The molecule has 1 N–H and O–H groups in total. The first-order valence-electron chi connectivity index (χ1n) is 7.48. The van der Waals surface area contributed by atoms with Crippen molar-refractivity contribution in [2.24, 2.45) is 5.92 Å². The van der Waals surface area contributed by atoms with Gasteiger partial charge in [0.15, 0.2) is 0 Å². The first kappa shape index (κ1) is 15.3. The predicted octanol–water partition coefficient (Wildman–Crippen LogP) is 4.95. The van der Waals surface area contributed by atoms with Gasteiger partial charge in [0.25, 0.3) is 0 Å². The Morgan fingerprint density at radius 2 is 1.80 bits per heavy atom. The Morgan fingerprint density at radius 1 is 1.10 bits per heavy atom. The second-order valence-corrected chi connectivity index (χ2v) is 6.75. The summed E-state index contributed by atoms with van der Waals surface area (Å²) in [6, 6.07) is 11.7. The highest BCUT2D eigenvalue weighted by Crippen LogP contribution is 2.29. The number of aryl methyl sites for hydroxylation is 1. The van der Waals surface area contributed by atoms with E-state index in [1.54, 1.807) is 0 Å². The topological polar surface area (TPSA) is 12.0 Å². The van der Waals surface area contributed by atoms with Crippen LogP contribution in [-0.2, 0) is 6.42 Å². The number of rotatable bonds is 6. The van der Waals surface area contributed by atoms with Crippen LogP contribution in [-0.4, -0.2) is 6.54 Å². The summed E-state index contributed by atoms with van der Waals surface area (Å²) < 4.78 is 0. The van der Waals surface area contributed by atoms with Gasteiger partial charge in [0.05, 0.1) is 6.04 Å². The van der Waals surface area contributed by atoms with Gasteiger partial charge < -0.3 is 5.32 Å². The first-order valence-corrected chi connectivity index (χ1v) is 8.36.